The average molecular weight is 334 g/mol. The Morgan fingerprint density at radius 1 is 1.55 bits per heavy atom. The highest BCUT2D eigenvalue weighted by atomic mass is 32.2. The highest BCUT2D eigenvalue weighted by Gasteiger charge is 2.19. The van der Waals surface area contributed by atoms with Crippen molar-refractivity contribution < 1.29 is 14.6 Å². The molecule has 5 nitrogen and oxygen atoms in total. The van der Waals surface area contributed by atoms with E-state index < -0.39 is 5.25 Å². The molecule has 2 rings (SSSR count). The lowest BCUT2D eigenvalue weighted by Crippen LogP contribution is -2.10. The Labute approximate surface area is 136 Å². The van der Waals surface area contributed by atoms with Crippen molar-refractivity contribution in [1.82, 2.24) is 4.98 Å². The van der Waals surface area contributed by atoms with Gasteiger partial charge in [-0.1, -0.05) is 12.1 Å². The second-order valence-corrected chi connectivity index (χ2v) is 6.75. The second kappa shape index (κ2) is 7.29. The smallest absolute Gasteiger partial charge is 0.315 e. The van der Waals surface area contributed by atoms with Gasteiger partial charge < -0.3 is 9.84 Å². The van der Waals surface area contributed by atoms with Crippen molar-refractivity contribution in [3.05, 3.63) is 35.0 Å². The largest absolute Gasteiger partial charge is 0.510 e. The summed E-state index contributed by atoms with van der Waals surface area (Å²) in [4.78, 5) is 15.5. The molecule has 1 heterocycles. The van der Waals surface area contributed by atoms with Gasteiger partial charge in [-0.05, 0) is 19.1 Å². The number of methoxy groups -OCH3 is 1. The fraction of sp³-hybridized carbons (Fsp3) is 0.267. The summed E-state index contributed by atoms with van der Waals surface area (Å²) in [6.07, 6.45) is 0. The maximum atomic E-state index is 11.1. The minimum Gasteiger partial charge on any atom is -0.510 e. The third-order valence-electron chi connectivity index (χ3n) is 2.94. The van der Waals surface area contributed by atoms with Crippen LogP contribution in [0.5, 0.6) is 0 Å². The highest BCUT2D eigenvalue weighted by Crippen LogP contribution is 2.30. The van der Waals surface area contributed by atoms with Gasteiger partial charge in [-0.15, -0.1) is 23.1 Å². The van der Waals surface area contributed by atoms with E-state index in [0.29, 0.717) is 5.01 Å². The van der Waals surface area contributed by atoms with Gasteiger partial charge in [0.1, 0.15) is 22.4 Å². The lowest BCUT2D eigenvalue weighted by atomic mass is 10.2. The molecule has 22 heavy (non-hydrogen) atoms. The van der Waals surface area contributed by atoms with Gasteiger partial charge in [0, 0.05) is 0 Å². The van der Waals surface area contributed by atoms with Crippen LogP contribution in [-0.4, -0.2) is 34.2 Å². The van der Waals surface area contributed by atoms with E-state index in [2.05, 4.69) is 9.72 Å². The molecule has 0 amide bonds. The van der Waals surface area contributed by atoms with Crippen LogP contribution in [-0.2, 0) is 9.53 Å². The molecule has 0 spiro atoms. The van der Waals surface area contributed by atoms with E-state index >= 15 is 0 Å². The quantitative estimate of drug-likeness (QED) is 0.513. The van der Waals surface area contributed by atoms with E-state index in [1.54, 1.807) is 6.92 Å². The molecule has 2 aromatic rings. The normalized spacial score (nSPS) is 13.3. The van der Waals surface area contributed by atoms with Crippen molar-refractivity contribution in [2.75, 3.05) is 12.9 Å². The summed E-state index contributed by atoms with van der Waals surface area (Å²) in [6.45, 7) is 1.73. The van der Waals surface area contributed by atoms with Crippen molar-refractivity contribution in [3.8, 4) is 6.07 Å². The minimum absolute atomic E-state index is 0.0736. The predicted octanol–water partition coefficient (Wildman–Crippen LogP) is 3.38. The number of thiazole rings is 1. The fourth-order valence-corrected chi connectivity index (χ4v) is 3.48. The minimum atomic E-state index is -0.402. The Balaban J connectivity index is 2.28. The molecule has 0 aliphatic heterocycles. The number of aromatic nitrogens is 1. The van der Waals surface area contributed by atoms with Gasteiger partial charge in [0.2, 0.25) is 0 Å². The Morgan fingerprint density at radius 3 is 2.91 bits per heavy atom. The highest BCUT2D eigenvalue weighted by molar-refractivity contribution is 8.00. The molecule has 0 aliphatic rings. The van der Waals surface area contributed by atoms with Crippen LogP contribution < -0.4 is 0 Å². The number of carbonyl (C=O) groups excluding carboxylic acids is 1. The van der Waals surface area contributed by atoms with Crippen LogP contribution in [0.2, 0.25) is 0 Å². The SMILES string of the molecule is COC(=O)CSC(C)/C(O)=C(\C#N)c1nc2ccccc2s1. The number of rotatable bonds is 5. The average Bonchev–Trinajstić information content (AvgIpc) is 2.96. The lowest BCUT2D eigenvalue weighted by molar-refractivity contribution is -0.137. The monoisotopic (exact) mass is 334 g/mol. The van der Waals surface area contributed by atoms with Crippen LogP contribution in [0.3, 0.4) is 0 Å². The molecule has 0 aliphatic carbocycles. The summed E-state index contributed by atoms with van der Waals surface area (Å²) in [5.74, 6) is -0.334. The first-order chi connectivity index (χ1) is 10.6. The van der Waals surface area contributed by atoms with E-state index in [0.717, 1.165) is 10.2 Å². The Kier molecular flexibility index (Phi) is 5.41. The molecule has 1 N–H and O–H groups in total. The van der Waals surface area contributed by atoms with E-state index in [1.807, 2.05) is 30.3 Å². The summed E-state index contributed by atoms with van der Waals surface area (Å²) in [5, 5.41) is 19.7. The number of para-hydroxylation sites is 1. The standard InChI is InChI=1S/C15H14N2O3S2/c1-9(21-8-13(18)20-2)14(19)10(7-16)15-17-11-5-3-4-6-12(11)22-15/h3-6,9,19H,8H2,1-2H3/b14-10-. The zero-order chi connectivity index (χ0) is 16.1. The van der Waals surface area contributed by atoms with Gasteiger partial charge in [-0.25, -0.2) is 4.98 Å². The first-order valence-corrected chi connectivity index (χ1v) is 8.31. The van der Waals surface area contributed by atoms with Gasteiger partial charge >= 0.3 is 5.97 Å². The van der Waals surface area contributed by atoms with E-state index in [1.165, 1.54) is 30.2 Å². The Bertz CT molecular complexity index is 728. The Hall–Kier alpha value is -2.04. The lowest BCUT2D eigenvalue weighted by Gasteiger charge is -2.10. The maximum Gasteiger partial charge on any atom is 0.315 e. The molecule has 1 aromatic heterocycles. The first-order valence-electron chi connectivity index (χ1n) is 6.44. The number of aliphatic hydroxyl groups excluding tert-OH is 1. The van der Waals surface area contributed by atoms with Crippen LogP contribution in [0, 0.1) is 11.3 Å². The number of nitriles is 1. The van der Waals surface area contributed by atoms with Crippen molar-refractivity contribution in [1.29, 1.82) is 5.26 Å². The topological polar surface area (TPSA) is 83.2 Å². The fourth-order valence-electron chi connectivity index (χ4n) is 1.73. The number of nitrogens with zero attached hydrogens (tertiary/aromatic N) is 2. The van der Waals surface area contributed by atoms with Gasteiger partial charge in [0.25, 0.3) is 0 Å². The number of aliphatic hydroxyl groups is 1. The number of ether oxygens (including phenoxy) is 1. The number of fused-ring (bicyclic) bond motifs is 1. The summed E-state index contributed by atoms with van der Waals surface area (Å²) in [6, 6.07) is 9.55. The van der Waals surface area contributed by atoms with Crippen LogP contribution in [0.15, 0.2) is 30.0 Å². The molecular formula is C15H14N2O3S2. The van der Waals surface area contributed by atoms with E-state index in [9.17, 15) is 15.2 Å². The van der Waals surface area contributed by atoms with E-state index in [4.69, 9.17) is 0 Å². The summed E-state index contributed by atoms with van der Waals surface area (Å²) in [7, 11) is 1.31. The molecule has 0 radical (unpaired) electrons. The predicted molar refractivity (Wildman–Crippen MR) is 88.7 cm³/mol. The number of hydrogen-bond donors (Lipinski definition) is 1. The van der Waals surface area contributed by atoms with Crippen molar-refractivity contribution in [2.45, 2.75) is 12.2 Å². The number of hydrogen-bond acceptors (Lipinski definition) is 7. The van der Waals surface area contributed by atoms with Crippen molar-refractivity contribution in [2.24, 2.45) is 0 Å². The molecule has 0 saturated heterocycles. The maximum absolute atomic E-state index is 11.1. The first kappa shape index (κ1) is 16.3. The summed E-state index contributed by atoms with van der Waals surface area (Å²) in [5.41, 5.74) is 0.934. The van der Waals surface area contributed by atoms with Crippen LogP contribution >= 0.6 is 23.1 Å². The zero-order valence-electron chi connectivity index (χ0n) is 12.1. The third kappa shape index (κ3) is 3.59. The number of benzene rings is 1. The third-order valence-corrected chi connectivity index (χ3v) is 5.12. The number of thioether (sulfide) groups is 1. The van der Waals surface area contributed by atoms with Gasteiger partial charge in [0.05, 0.1) is 28.3 Å². The Morgan fingerprint density at radius 2 is 2.27 bits per heavy atom. The summed E-state index contributed by atoms with van der Waals surface area (Å²) < 4.78 is 5.51. The number of allylic oxidation sites excluding steroid dienone is 1. The van der Waals surface area contributed by atoms with E-state index in [-0.39, 0.29) is 23.1 Å². The molecule has 0 fully saturated rings. The molecule has 0 saturated carbocycles. The summed E-state index contributed by atoms with van der Waals surface area (Å²) >= 11 is 2.56. The van der Waals surface area contributed by atoms with Gasteiger partial charge in [-0.3, -0.25) is 4.79 Å². The van der Waals surface area contributed by atoms with Gasteiger partial charge in [0.15, 0.2) is 0 Å². The molecule has 1 aromatic carbocycles. The molecule has 114 valence electrons. The molecule has 1 atom stereocenters. The second-order valence-electron chi connectivity index (χ2n) is 4.39. The van der Waals surface area contributed by atoms with Crippen LogP contribution in [0.25, 0.3) is 15.8 Å². The zero-order valence-corrected chi connectivity index (χ0v) is 13.7. The van der Waals surface area contributed by atoms with Crippen molar-refractivity contribution in [3.63, 3.8) is 0 Å². The van der Waals surface area contributed by atoms with Crippen LogP contribution in [0.4, 0.5) is 0 Å². The number of esters is 1. The van der Waals surface area contributed by atoms with Gasteiger partial charge in [-0.2, -0.15) is 5.26 Å². The van der Waals surface area contributed by atoms with Crippen LogP contribution in [0.1, 0.15) is 11.9 Å². The number of carbonyl (C=O) groups is 1. The molecule has 7 heteroatoms. The molecule has 1 unspecified atom stereocenters. The van der Waals surface area contributed by atoms with Crippen molar-refractivity contribution >= 4 is 44.9 Å². The molecule has 0 bridgehead atoms. The molecular weight excluding hydrogens is 320 g/mol.